The Morgan fingerprint density at radius 2 is 1.68 bits per heavy atom. The molecule has 0 radical (unpaired) electrons. The number of rotatable bonds is 2. The lowest BCUT2D eigenvalue weighted by Gasteiger charge is -2.33. The van der Waals surface area contributed by atoms with E-state index >= 15 is 0 Å². The molecule has 0 atom stereocenters. The summed E-state index contributed by atoms with van der Waals surface area (Å²) in [5, 5.41) is 6.28. The quantitative estimate of drug-likeness (QED) is 0.778. The lowest BCUT2D eigenvalue weighted by molar-refractivity contribution is 0.0762. The van der Waals surface area contributed by atoms with Gasteiger partial charge in [0.05, 0.1) is 0 Å². The molecule has 3 heterocycles. The van der Waals surface area contributed by atoms with Gasteiger partial charge in [0.1, 0.15) is 5.82 Å². The molecular formula is C24H27FN4O2. The van der Waals surface area contributed by atoms with E-state index in [0.29, 0.717) is 24.3 Å². The Bertz CT molecular complexity index is 1000. The Morgan fingerprint density at radius 1 is 0.935 bits per heavy atom. The molecule has 1 spiro atoms. The lowest BCUT2D eigenvalue weighted by Crippen LogP contribution is -2.39. The number of carbonyl (C=O) groups excluding carboxylic acids is 2. The number of urea groups is 1. The minimum absolute atomic E-state index is 0.0605. The number of amides is 3. The van der Waals surface area contributed by atoms with E-state index in [2.05, 4.69) is 10.6 Å². The standard InChI is InChI=1S/C24H27FN4O2/c25-20-4-1-18-14-29(15-19(18)13-20)23(31)27-21-5-2-17(3-6-21)22(30)28-12-9-24(16-28)7-10-26-11-8-24/h1-6,13,26H,7-12,14-16H2,(H,27,31). The fraction of sp³-hybridized carbons (Fsp3) is 0.417. The van der Waals surface area contributed by atoms with E-state index in [4.69, 9.17) is 0 Å². The third-order valence-corrected chi connectivity index (χ3v) is 6.95. The van der Waals surface area contributed by atoms with Crippen LogP contribution in [0.1, 0.15) is 40.7 Å². The van der Waals surface area contributed by atoms with Gasteiger partial charge in [-0.1, -0.05) is 6.07 Å². The van der Waals surface area contributed by atoms with Crippen LogP contribution in [-0.2, 0) is 13.1 Å². The second-order valence-electron chi connectivity index (χ2n) is 9.00. The molecule has 0 aromatic heterocycles. The van der Waals surface area contributed by atoms with Crippen LogP contribution in [0.4, 0.5) is 14.9 Å². The first kappa shape index (κ1) is 20.0. The highest BCUT2D eigenvalue weighted by molar-refractivity contribution is 5.95. The molecule has 162 valence electrons. The van der Waals surface area contributed by atoms with Crippen molar-refractivity contribution >= 4 is 17.6 Å². The number of piperidine rings is 1. The smallest absolute Gasteiger partial charge is 0.322 e. The van der Waals surface area contributed by atoms with Crippen molar-refractivity contribution in [3.8, 4) is 0 Å². The van der Waals surface area contributed by atoms with Crippen LogP contribution in [0.25, 0.3) is 0 Å². The zero-order chi connectivity index (χ0) is 21.4. The monoisotopic (exact) mass is 422 g/mol. The number of benzene rings is 2. The second kappa shape index (κ2) is 7.96. The maximum absolute atomic E-state index is 13.4. The minimum atomic E-state index is -0.287. The average Bonchev–Trinajstić information content (AvgIpc) is 3.38. The molecule has 2 saturated heterocycles. The third kappa shape index (κ3) is 4.02. The molecule has 0 unspecified atom stereocenters. The number of anilines is 1. The SMILES string of the molecule is O=C(Nc1ccc(C(=O)N2CCC3(CCNCC3)C2)cc1)N1Cc2ccc(F)cc2C1. The molecular weight excluding hydrogens is 395 g/mol. The molecule has 6 nitrogen and oxygen atoms in total. The first-order valence-electron chi connectivity index (χ1n) is 10.9. The summed E-state index contributed by atoms with van der Waals surface area (Å²) in [6, 6.07) is 11.5. The summed E-state index contributed by atoms with van der Waals surface area (Å²) < 4.78 is 13.4. The molecule has 7 heteroatoms. The highest BCUT2D eigenvalue weighted by atomic mass is 19.1. The van der Waals surface area contributed by atoms with Gasteiger partial charge in [-0.15, -0.1) is 0 Å². The summed E-state index contributed by atoms with van der Waals surface area (Å²) >= 11 is 0. The molecule has 5 rings (SSSR count). The van der Waals surface area contributed by atoms with Gasteiger partial charge in [-0.2, -0.15) is 0 Å². The molecule has 2 aromatic carbocycles. The summed E-state index contributed by atoms with van der Waals surface area (Å²) in [5.41, 5.74) is 3.38. The number of fused-ring (bicyclic) bond motifs is 1. The Balaban J connectivity index is 1.19. The molecule has 0 bridgehead atoms. The van der Waals surface area contributed by atoms with Crippen molar-refractivity contribution < 1.29 is 14.0 Å². The molecule has 0 aliphatic carbocycles. The summed E-state index contributed by atoms with van der Waals surface area (Å²) in [4.78, 5) is 29.2. The first-order valence-corrected chi connectivity index (χ1v) is 10.9. The molecule has 2 aromatic rings. The molecule has 31 heavy (non-hydrogen) atoms. The molecule has 3 aliphatic heterocycles. The number of carbonyl (C=O) groups is 2. The van der Waals surface area contributed by atoms with E-state index in [1.807, 2.05) is 4.90 Å². The van der Waals surface area contributed by atoms with Gasteiger partial charge in [-0.3, -0.25) is 4.79 Å². The van der Waals surface area contributed by atoms with Crippen LogP contribution in [0, 0.1) is 11.2 Å². The molecule has 2 fully saturated rings. The van der Waals surface area contributed by atoms with Crippen molar-refractivity contribution in [3.63, 3.8) is 0 Å². The van der Waals surface area contributed by atoms with Gasteiger partial charge in [0.2, 0.25) is 0 Å². The number of nitrogens with zero attached hydrogens (tertiary/aromatic N) is 2. The van der Waals surface area contributed by atoms with Gasteiger partial charge in [0, 0.05) is 37.4 Å². The highest BCUT2D eigenvalue weighted by Gasteiger charge is 2.40. The number of hydrogen-bond acceptors (Lipinski definition) is 3. The van der Waals surface area contributed by atoms with Gasteiger partial charge >= 0.3 is 6.03 Å². The van der Waals surface area contributed by atoms with Gasteiger partial charge in [0.15, 0.2) is 0 Å². The van der Waals surface area contributed by atoms with E-state index in [1.165, 1.54) is 12.1 Å². The van der Waals surface area contributed by atoms with Crippen LogP contribution >= 0.6 is 0 Å². The minimum Gasteiger partial charge on any atom is -0.338 e. The van der Waals surface area contributed by atoms with Crippen LogP contribution in [0.2, 0.25) is 0 Å². The van der Waals surface area contributed by atoms with Crippen LogP contribution in [0.3, 0.4) is 0 Å². The van der Waals surface area contributed by atoms with Crippen LogP contribution < -0.4 is 10.6 Å². The maximum atomic E-state index is 13.4. The number of likely N-dealkylation sites (tertiary alicyclic amines) is 1. The van der Waals surface area contributed by atoms with E-state index in [9.17, 15) is 14.0 Å². The molecule has 0 saturated carbocycles. The lowest BCUT2D eigenvalue weighted by atomic mass is 9.78. The van der Waals surface area contributed by atoms with Gasteiger partial charge in [-0.05, 0) is 85.3 Å². The van der Waals surface area contributed by atoms with Crippen molar-refractivity contribution in [1.29, 1.82) is 0 Å². The molecule has 2 N–H and O–H groups in total. The predicted molar refractivity (Wildman–Crippen MR) is 116 cm³/mol. The maximum Gasteiger partial charge on any atom is 0.322 e. The van der Waals surface area contributed by atoms with Crippen LogP contribution in [0.5, 0.6) is 0 Å². The molecule has 3 aliphatic rings. The number of hydrogen-bond donors (Lipinski definition) is 2. The highest BCUT2D eigenvalue weighted by Crippen LogP contribution is 2.39. The van der Waals surface area contributed by atoms with E-state index < -0.39 is 0 Å². The predicted octanol–water partition coefficient (Wildman–Crippen LogP) is 3.59. The summed E-state index contributed by atoms with van der Waals surface area (Å²) in [6.07, 6.45) is 3.35. The first-order chi connectivity index (χ1) is 15.0. The normalized spacial score (nSPS) is 19.5. The summed E-state index contributed by atoms with van der Waals surface area (Å²) in [5.74, 6) is -0.226. The zero-order valence-corrected chi connectivity index (χ0v) is 17.5. The van der Waals surface area contributed by atoms with Crippen molar-refractivity contribution in [3.05, 3.63) is 65.0 Å². The summed E-state index contributed by atoms with van der Waals surface area (Å²) in [7, 11) is 0. The number of halogens is 1. The average molecular weight is 423 g/mol. The van der Waals surface area contributed by atoms with Gasteiger partial charge in [0.25, 0.3) is 5.91 Å². The van der Waals surface area contributed by atoms with Gasteiger partial charge < -0.3 is 20.4 Å². The van der Waals surface area contributed by atoms with Crippen molar-refractivity contribution in [1.82, 2.24) is 15.1 Å². The second-order valence-corrected chi connectivity index (χ2v) is 9.00. The third-order valence-electron chi connectivity index (χ3n) is 6.95. The fourth-order valence-corrected chi connectivity index (χ4v) is 5.06. The Kier molecular flexibility index (Phi) is 5.14. The van der Waals surface area contributed by atoms with Crippen molar-refractivity contribution in [2.24, 2.45) is 5.41 Å². The van der Waals surface area contributed by atoms with Crippen LogP contribution in [0.15, 0.2) is 42.5 Å². The van der Waals surface area contributed by atoms with Gasteiger partial charge in [-0.25, -0.2) is 9.18 Å². The van der Waals surface area contributed by atoms with E-state index in [1.54, 1.807) is 35.2 Å². The fourth-order valence-electron chi connectivity index (χ4n) is 5.06. The van der Waals surface area contributed by atoms with E-state index in [-0.39, 0.29) is 23.2 Å². The van der Waals surface area contributed by atoms with E-state index in [0.717, 1.165) is 56.6 Å². The van der Waals surface area contributed by atoms with Crippen LogP contribution in [-0.4, -0.2) is 47.9 Å². The largest absolute Gasteiger partial charge is 0.338 e. The Hall–Kier alpha value is -2.93. The Morgan fingerprint density at radius 3 is 2.45 bits per heavy atom. The van der Waals surface area contributed by atoms with Crippen molar-refractivity contribution in [2.45, 2.75) is 32.4 Å². The van der Waals surface area contributed by atoms with Crippen molar-refractivity contribution in [2.75, 3.05) is 31.5 Å². The number of nitrogens with one attached hydrogen (secondary N) is 2. The summed E-state index contributed by atoms with van der Waals surface area (Å²) in [6.45, 7) is 4.57. The zero-order valence-electron chi connectivity index (χ0n) is 17.5. The Labute approximate surface area is 181 Å². The topological polar surface area (TPSA) is 64.7 Å². The molecule has 3 amide bonds.